The second-order valence-corrected chi connectivity index (χ2v) is 3.02. The molecule has 0 aromatic heterocycles. The quantitative estimate of drug-likeness (QED) is 0.750. The maximum absolute atomic E-state index is 12.7. The minimum Gasteiger partial charge on any atom is -0.448 e. The van der Waals surface area contributed by atoms with Gasteiger partial charge in [0.15, 0.2) is 5.71 Å². The van der Waals surface area contributed by atoms with E-state index in [-0.39, 0.29) is 12.2 Å². The zero-order valence-corrected chi connectivity index (χ0v) is 8.99. The van der Waals surface area contributed by atoms with Gasteiger partial charge in [0.25, 0.3) is 0 Å². The Morgan fingerprint density at radius 2 is 1.88 bits per heavy atom. The normalized spacial score (nSPS) is 12.4. The highest BCUT2D eigenvalue weighted by molar-refractivity contribution is 6.08. The zero-order valence-electron chi connectivity index (χ0n) is 8.99. The fourth-order valence-electron chi connectivity index (χ4n) is 1.13. The summed E-state index contributed by atoms with van der Waals surface area (Å²) in [5, 5.41) is 0. The second kappa shape index (κ2) is 5.47. The summed E-state index contributed by atoms with van der Waals surface area (Å²) in [5.74, 6) is 0. The summed E-state index contributed by atoms with van der Waals surface area (Å²) in [6.45, 7) is 1.46. The Kier molecular flexibility index (Phi) is 4.25. The summed E-state index contributed by atoms with van der Waals surface area (Å²) in [5.41, 5.74) is -1.43. The molecule has 6 heteroatoms. The minimum absolute atomic E-state index is 0.0255. The number of benzene rings is 1. The summed E-state index contributed by atoms with van der Waals surface area (Å²) in [4.78, 5) is 13.9. The van der Waals surface area contributed by atoms with E-state index in [1.54, 1.807) is 6.07 Å². The van der Waals surface area contributed by atoms with E-state index in [4.69, 9.17) is 0 Å². The molecule has 0 bridgehead atoms. The van der Waals surface area contributed by atoms with Crippen LogP contribution in [0.25, 0.3) is 0 Å². The lowest BCUT2D eigenvalue weighted by Crippen LogP contribution is -2.25. The van der Waals surface area contributed by atoms with Crippen molar-refractivity contribution < 1.29 is 22.7 Å². The number of aliphatic imine (C=N–C) groups is 1. The molecule has 0 aliphatic carbocycles. The summed E-state index contributed by atoms with van der Waals surface area (Å²) in [6, 6.07) is 6.89. The summed E-state index contributed by atoms with van der Waals surface area (Å²) >= 11 is 0. The number of hydrogen-bond acceptors (Lipinski definition) is 2. The first kappa shape index (κ1) is 13.2. The molecular weight excluding hydrogens is 235 g/mol. The van der Waals surface area contributed by atoms with E-state index in [9.17, 15) is 18.0 Å². The number of hydrogen-bond donors (Lipinski definition) is 0. The van der Waals surface area contributed by atoms with Crippen LogP contribution in [0.2, 0.25) is 0 Å². The monoisotopic (exact) mass is 245 g/mol. The van der Waals surface area contributed by atoms with Gasteiger partial charge in [-0.1, -0.05) is 30.3 Å². The van der Waals surface area contributed by atoms with E-state index < -0.39 is 18.0 Å². The van der Waals surface area contributed by atoms with Crippen molar-refractivity contribution in [1.29, 1.82) is 0 Å². The minimum atomic E-state index is -4.70. The van der Waals surface area contributed by atoms with Crippen LogP contribution in [0.5, 0.6) is 0 Å². The second-order valence-electron chi connectivity index (χ2n) is 3.02. The van der Waals surface area contributed by atoms with Crippen molar-refractivity contribution in [2.45, 2.75) is 13.1 Å². The molecule has 0 N–H and O–H groups in total. The standard InChI is InChI=1S/C11H10F3NO2/c1-2-17-10(16)15-9(11(12,13)14)8-6-4-3-5-7-8/h3-7H,2H2,1H3/b15-9-. The Labute approximate surface area is 95.9 Å². The number of rotatable bonds is 2. The molecule has 1 aromatic carbocycles. The van der Waals surface area contributed by atoms with Gasteiger partial charge in [-0.15, -0.1) is 0 Å². The number of carbonyl (C=O) groups is 1. The fraction of sp³-hybridized carbons (Fsp3) is 0.273. The van der Waals surface area contributed by atoms with E-state index in [1.165, 1.54) is 31.2 Å². The third-order valence-corrected chi connectivity index (χ3v) is 1.79. The van der Waals surface area contributed by atoms with Gasteiger partial charge in [-0.25, -0.2) is 4.79 Å². The third kappa shape index (κ3) is 3.90. The summed E-state index contributed by atoms with van der Waals surface area (Å²) < 4.78 is 42.4. The van der Waals surface area contributed by atoms with Crippen LogP contribution in [0, 0.1) is 0 Å². The van der Waals surface area contributed by atoms with Crippen molar-refractivity contribution >= 4 is 11.8 Å². The lowest BCUT2D eigenvalue weighted by atomic mass is 10.1. The fourth-order valence-corrected chi connectivity index (χ4v) is 1.13. The SMILES string of the molecule is CCOC(=O)/N=C(/c1ccccc1)C(F)(F)F. The van der Waals surface area contributed by atoms with Gasteiger partial charge in [-0.05, 0) is 6.92 Å². The first-order chi connectivity index (χ1) is 7.95. The Morgan fingerprint density at radius 3 is 2.35 bits per heavy atom. The molecule has 1 rings (SSSR count). The average molecular weight is 245 g/mol. The van der Waals surface area contributed by atoms with Crippen molar-refractivity contribution in [3.05, 3.63) is 35.9 Å². The van der Waals surface area contributed by atoms with Gasteiger partial charge in [-0.3, -0.25) is 0 Å². The number of halogens is 3. The molecule has 0 atom stereocenters. The smallest absolute Gasteiger partial charge is 0.434 e. The Bertz CT molecular complexity index is 412. The van der Waals surface area contributed by atoms with Crippen molar-refractivity contribution in [3.63, 3.8) is 0 Å². The maximum Gasteiger partial charge on any atom is 0.434 e. The first-order valence-electron chi connectivity index (χ1n) is 4.83. The van der Waals surface area contributed by atoms with Gasteiger partial charge in [0.1, 0.15) is 0 Å². The Morgan fingerprint density at radius 1 is 1.29 bits per heavy atom. The average Bonchev–Trinajstić information content (AvgIpc) is 2.26. The lowest BCUT2D eigenvalue weighted by molar-refractivity contribution is -0.0582. The van der Waals surface area contributed by atoms with Crippen LogP contribution in [-0.4, -0.2) is 24.6 Å². The van der Waals surface area contributed by atoms with Gasteiger partial charge >= 0.3 is 12.3 Å². The van der Waals surface area contributed by atoms with E-state index in [2.05, 4.69) is 9.73 Å². The molecule has 1 aromatic rings. The molecule has 0 unspecified atom stereocenters. The molecule has 92 valence electrons. The highest BCUT2D eigenvalue weighted by Gasteiger charge is 2.37. The Balaban J connectivity index is 3.10. The van der Waals surface area contributed by atoms with Crippen LogP contribution in [0.3, 0.4) is 0 Å². The number of carbonyl (C=O) groups excluding carboxylic acids is 1. The molecule has 0 spiro atoms. The first-order valence-corrected chi connectivity index (χ1v) is 4.83. The maximum atomic E-state index is 12.7. The molecule has 0 radical (unpaired) electrons. The largest absolute Gasteiger partial charge is 0.448 e. The molecule has 0 saturated carbocycles. The van der Waals surface area contributed by atoms with Crippen molar-refractivity contribution in [2.24, 2.45) is 4.99 Å². The van der Waals surface area contributed by atoms with E-state index in [0.717, 1.165) is 0 Å². The Hall–Kier alpha value is -1.85. The van der Waals surface area contributed by atoms with Crippen LogP contribution < -0.4 is 0 Å². The van der Waals surface area contributed by atoms with Gasteiger partial charge in [-0.2, -0.15) is 18.2 Å². The predicted molar refractivity (Wildman–Crippen MR) is 56.1 cm³/mol. The number of amides is 1. The van der Waals surface area contributed by atoms with Crippen molar-refractivity contribution in [3.8, 4) is 0 Å². The number of nitrogens with zero attached hydrogens (tertiary/aromatic N) is 1. The van der Waals surface area contributed by atoms with E-state index in [0.29, 0.717) is 0 Å². The highest BCUT2D eigenvalue weighted by atomic mass is 19.4. The molecule has 1 amide bonds. The van der Waals surface area contributed by atoms with Crippen molar-refractivity contribution in [2.75, 3.05) is 6.61 Å². The number of alkyl halides is 3. The van der Waals surface area contributed by atoms with E-state index >= 15 is 0 Å². The molecule has 0 heterocycles. The third-order valence-electron chi connectivity index (χ3n) is 1.79. The number of ether oxygens (including phenoxy) is 1. The molecule has 0 aliphatic heterocycles. The summed E-state index contributed by atoms with van der Waals surface area (Å²) in [7, 11) is 0. The van der Waals surface area contributed by atoms with Crippen LogP contribution >= 0.6 is 0 Å². The predicted octanol–water partition coefficient (Wildman–Crippen LogP) is 3.19. The molecule has 0 saturated heterocycles. The molecule has 0 aliphatic rings. The molecule has 17 heavy (non-hydrogen) atoms. The van der Waals surface area contributed by atoms with E-state index in [1.807, 2.05) is 0 Å². The topological polar surface area (TPSA) is 38.7 Å². The summed E-state index contributed by atoms with van der Waals surface area (Å²) in [6.07, 6.45) is -5.95. The molecule has 3 nitrogen and oxygen atoms in total. The molecule has 0 fully saturated rings. The van der Waals surface area contributed by atoms with Crippen LogP contribution in [-0.2, 0) is 4.74 Å². The zero-order chi connectivity index (χ0) is 12.9. The van der Waals surface area contributed by atoms with Gasteiger partial charge in [0.05, 0.1) is 6.61 Å². The lowest BCUT2D eigenvalue weighted by Gasteiger charge is -2.09. The van der Waals surface area contributed by atoms with Crippen LogP contribution in [0.4, 0.5) is 18.0 Å². The highest BCUT2D eigenvalue weighted by Crippen LogP contribution is 2.22. The van der Waals surface area contributed by atoms with Gasteiger partial charge in [0, 0.05) is 5.56 Å². The van der Waals surface area contributed by atoms with Gasteiger partial charge in [0.2, 0.25) is 0 Å². The van der Waals surface area contributed by atoms with Crippen LogP contribution in [0.1, 0.15) is 12.5 Å². The van der Waals surface area contributed by atoms with Crippen LogP contribution in [0.15, 0.2) is 35.3 Å². The van der Waals surface area contributed by atoms with Crippen molar-refractivity contribution in [1.82, 2.24) is 0 Å². The molecular formula is C11H10F3NO2. The van der Waals surface area contributed by atoms with Gasteiger partial charge < -0.3 is 4.74 Å².